The van der Waals surface area contributed by atoms with Gasteiger partial charge in [0, 0.05) is 5.56 Å². The van der Waals surface area contributed by atoms with E-state index in [9.17, 15) is 23.1 Å². The Morgan fingerprint density at radius 3 is 2.22 bits per heavy atom. The number of rotatable bonds is 9. The highest BCUT2D eigenvalue weighted by molar-refractivity contribution is 6.01. The molecule has 0 fully saturated rings. The third-order valence-corrected chi connectivity index (χ3v) is 7.63. The zero-order valence-corrected chi connectivity index (χ0v) is 24.6. The van der Waals surface area contributed by atoms with Gasteiger partial charge >= 0.3 is 5.97 Å². The molecule has 0 saturated heterocycles. The molecule has 5 heteroatoms. The van der Waals surface area contributed by atoms with E-state index < -0.39 is 12.4 Å². The molecular formula is C36H41F3O2. The van der Waals surface area contributed by atoms with Gasteiger partial charge in [0.2, 0.25) is 0 Å². The summed E-state index contributed by atoms with van der Waals surface area (Å²) in [4.78, 5) is 11.6. The molecular weight excluding hydrogens is 521 g/mol. The standard InChI is InChI=1S/C32H32F2O2.C4H9F/c1-4-21(5-2)18-22-12-14-23(15-13-22)30-26-17-16-25(32(35)36)19-24(26)9-7-11-28(30)27-10-6-8-20(3)29(27)31(33)34;1-2-3-4-5/h6,8,10,12-19,31H,4-5,7,9,11H2,1-3H3,(H,35,36);2-4H2,1H3. The highest BCUT2D eigenvalue weighted by Gasteiger charge is 2.25. The first kappa shape index (κ1) is 31.9. The van der Waals surface area contributed by atoms with E-state index in [1.54, 1.807) is 31.2 Å². The second kappa shape index (κ2) is 15.4. The molecule has 3 aromatic carbocycles. The first-order valence-electron chi connectivity index (χ1n) is 14.6. The smallest absolute Gasteiger partial charge is 0.335 e. The summed E-state index contributed by atoms with van der Waals surface area (Å²) >= 11 is 0. The van der Waals surface area contributed by atoms with Gasteiger partial charge in [0.05, 0.1) is 12.2 Å². The summed E-state index contributed by atoms with van der Waals surface area (Å²) in [6.07, 6.45) is 5.38. The topological polar surface area (TPSA) is 37.3 Å². The largest absolute Gasteiger partial charge is 0.478 e. The van der Waals surface area contributed by atoms with Gasteiger partial charge in [-0.15, -0.1) is 0 Å². The summed E-state index contributed by atoms with van der Waals surface area (Å²) in [5.41, 5.74) is 8.56. The van der Waals surface area contributed by atoms with Crippen LogP contribution in [0.2, 0.25) is 0 Å². The summed E-state index contributed by atoms with van der Waals surface area (Å²) in [5.74, 6) is -0.967. The molecule has 41 heavy (non-hydrogen) atoms. The van der Waals surface area contributed by atoms with Gasteiger partial charge in [-0.05, 0) is 102 Å². The third kappa shape index (κ3) is 8.00. The van der Waals surface area contributed by atoms with E-state index in [-0.39, 0.29) is 17.8 Å². The number of hydrogen-bond donors (Lipinski definition) is 1. The van der Waals surface area contributed by atoms with Crippen molar-refractivity contribution in [1.82, 2.24) is 0 Å². The second-order valence-corrected chi connectivity index (χ2v) is 10.4. The fraction of sp³-hybridized carbons (Fsp3) is 0.361. The van der Waals surface area contributed by atoms with Crippen molar-refractivity contribution >= 4 is 23.2 Å². The van der Waals surface area contributed by atoms with Crippen molar-refractivity contribution in [3.63, 3.8) is 0 Å². The second-order valence-electron chi connectivity index (χ2n) is 10.4. The zero-order valence-electron chi connectivity index (χ0n) is 24.6. The third-order valence-electron chi connectivity index (χ3n) is 7.63. The summed E-state index contributed by atoms with van der Waals surface area (Å²) < 4.78 is 39.5. The zero-order chi connectivity index (χ0) is 29.9. The van der Waals surface area contributed by atoms with Gasteiger partial charge in [-0.25, -0.2) is 13.6 Å². The summed E-state index contributed by atoms with van der Waals surface area (Å²) in [5, 5.41) is 9.54. The number of carboxylic acid groups (broad SMARTS) is 1. The van der Waals surface area contributed by atoms with Crippen molar-refractivity contribution in [2.24, 2.45) is 0 Å². The SMILES string of the molecule is CCC(=Cc1ccc(C2=C(c3cccc(C)c3C(F)F)CCCc3cc(C(=O)O)ccc32)cc1)CC.CCCCF. The highest BCUT2D eigenvalue weighted by atomic mass is 19.3. The van der Waals surface area contributed by atoms with Crippen LogP contribution in [0, 0.1) is 6.92 Å². The van der Waals surface area contributed by atoms with Crippen LogP contribution in [-0.4, -0.2) is 17.8 Å². The Hall–Kier alpha value is -3.60. The van der Waals surface area contributed by atoms with Gasteiger partial charge < -0.3 is 5.11 Å². The van der Waals surface area contributed by atoms with E-state index in [0.717, 1.165) is 65.5 Å². The molecule has 0 bridgehead atoms. The van der Waals surface area contributed by atoms with Crippen LogP contribution in [-0.2, 0) is 6.42 Å². The van der Waals surface area contributed by atoms with E-state index in [2.05, 4.69) is 44.2 Å². The number of carbonyl (C=O) groups is 1. The van der Waals surface area contributed by atoms with Crippen molar-refractivity contribution in [3.8, 4) is 0 Å². The number of allylic oxidation sites excluding steroid dienone is 2. The minimum atomic E-state index is -2.58. The molecule has 0 saturated carbocycles. The van der Waals surface area contributed by atoms with E-state index in [1.807, 2.05) is 19.1 Å². The van der Waals surface area contributed by atoms with Crippen molar-refractivity contribution < 1.29 is 23.1 Å². The van der Waals surface area contributed by atoms with Crippen molar-refractivity contribution in [2.45, 2.75) is 79.1 Å². The molecule has 0 spiro atoms. The Morgan fingerprint density at radius 1 is 0.951 bits per heavy atom. The van der Waals surface area contributed by atoms with Gasteiger partial charge in [0.25, 0.3) is 6.43 Å². The fourth-order valence-electron chi connectivity index (χ4n) is 5.32. The lowest BCUT2D eigenvalue weighted by Crippen LogP contribution is -2.03. The van der Waals surface area contributed by atoms with Gasteiger partial charge in [0.15, 0.2) is 0 Å². The van der Waals surface area contributed by atoms with Gasteiger partial charge in [-0.1, -0.05) is 87.4 Å². The molecule has 2 nitrogen and oxygen atoms in total. The Morgan fingerprint density at radius 2 is 1.66 bits per heavy atom. The summed E-state index contributed by atoms with van der Waals surface area (Å²) in [7, 11) is 0. The van der Waals surface area contributed by atoms with Crippen LogP contribution in [0.15, 0.2) is 66.2 Å². The average molecular weight is 563 g/mol. The predicted molar refractivity (Wildman–Crippen MR) is 164 cm³/mol. The van der Waals surface area contributed by atoms with Gasteiger partial charge in [-0.3, -0.25) is 4.39 Å². The number of halogens is 3. The molecule has 0 heterocycles. The van der Waals surface area contributed by atoms with E-state index in [1.165, 1.54) is 5.57 Å². The van der Waals surface area contributed by atoms with Crippen LogP contribution in [0.3, 0.4) is 0 Å². The number of aromatic carboxylic acids is 1. The van der Waals surface area contributed by atoms with Crippen molar-refractivity contribution in [2.75, 3.05) is 6.67 Å². The van der Waals surface area contributed by atoms with Crippen molar-refractivity contribution in [1.29, 1.82) is 0 Å². The molecule has 0 aliphatic heterocycles. The fourth-order valence-corrected chi connectivity index (χ4v) is 5.32. The maximum absolute atomic E-state index is 14.3. The number of unbranched alkanes of at least 4 members (excludes halogenated alkanes) is 1. The normalized spacial score (nSPS) is 12.8. The molecule has 4 rings (SSSR count). The number of carboxylic acids is 1. The molecule has 0 amide bonds. The van der Waals surface area contributed by atoms with Crippen LogP contribution in [0.1, 0.15) is 115 Å². The number of aryl methyl sites for hydroxylation is 2. The molecule has 0 unspecified atom stereocenters. The highest BCUT2D eigenvalue weighted by Crippen LogP contribution is 2.43. The Bertz CT molecular complexity index is 1380. The first-order chi connectivity index (χ1) is 19.7. The molecule has 0 radical (unpaired) electrons. The first-order valence-corrected chi connectivity index (χ1v) is 14.6. The monoisotopic (exact) mass is 562 g/mol. The molecule has 218 valence electrons. The lowest BCUT2D eigenvalue weighted by atomic mass is 9.85. The molecule has 0 aromatic heterocycles. The minimum Gasteiger partial charge on any atom is -0.478 e. The summed E-state index contributed by atoms with van der Waals surface area (Å²) in [6.45, 7) is 7.85. The molecule has 3 aromatic rings. The number of benzene rings is 3. The van der Waals surface area contributed by atoms with Crippen LogP contribution in [0.5, 0.6) is 0 Å². The lowest BCUT2D eigenvalue weighted by molar-refractivity contribution is 0.0696. The Labute approximate surface area is 242 Å². The predicted octanol–water partition coefficient (Wildman–Crippen LogP) is 10.9. The molecule has 1 N–H and O–H groups in total. The van der Waals surface area contributed by atoms with Crippen LogP contribution in [0.4, 0.5) is 13.2 Å². The quantitative estimate of drug-likeness (QED) is 0.282. The van der Waals surface area contributed by atoms with E-state index in [0.29, 0.717) is 24.0 Å². The van der Waals surface area contributed by atoms with E-state index >= 15 is 0 Å². The average Bonchev–Trinajstić information content (AvgIpc) is 3.16. The molecule has 1 aliphatic carbocycles. The number of fused-ring (bicyclic) bond motifs is 1. The Kier molecular flexibility index (Phi) is 12.0. The Balaban J connectivity index is 0.000000850. The molecule has 1 aliphatic rings. The lowest BCUT2D eigenvalue weighted by Gasteiger charge is -2.20. The maximum atomic E-state index is 14.3. The summed E-state index contributed by atoms with van der Waals surface area (Å²) in [6, 6.07) is 18.8. The maximum Gasteiger partial charge on any atom is 0.335 e. The van der Waals surface area contributed by atoms with E-state index in [4.69, 9.17) is 0 Å². The van der Waals surface area contributed by atoms with Crippen LogP contribution >= 0.6 is 0 Å². The molecule has 0 atom stereocenters. The number of hydrogen-bond acceptors (Lipinski definition) is 1. The number of alkyl halides is 3. The minimum absolute atomic E-state index is 0.0747. The van der Waals surface area contributed by atoms with Crippen LogP contribution in [0.25, 0.3) is 17.2 Å². The van der Waals surface area contributed by atoms with Gasteiger partial charge in [-0.2, -0.15) is 0 Å². The van der Waals surface area contributed by atoms with Crippen molar-refractivity contribution in [3.05, 3.63) is 111 Å². The van der Waals surface area contributed by atoms with Crippen LogP contribution < -0.4 is 0 Å². The van der Waals surface area contributed by atoms with Gasteiger partial charge in [0.1, 0.15) is 0 Å².